The predicted molar refractivity (Wildman–Crippen MR) is 53.6 cm³/mol. The van der Waals surface area contributed by atoms with Gasteiger partial charge in [-0.25, -0.2) is 13.1 Å². The molecule has 0 saturated carbocycles. The molecule has 0 aliphatic carbocycles. The van der Waals surface area contributed by atoms with Gasteiger partial charge in [-0.3, -0.25) is 4.68 Å². The zero-order valence-electron chi connectivity index (χ0n) is 8.83. The lowest BCUT2D eigenvalue weighted by molar-refractivity contribution is 0.585. The summed E-state index contributed by atoms with van der Waals surface area (Å²) in [6.45, 7) is 6.05. The van der Waals surface area contributed by atoms with Crippen LogP contribution < -0.4 is 4.72 Å². The number of hydrogen-bond acceptors (Lipinski definition) is 3. The van der Waals surface area contributed by atoms with Crippen LogP contribution in [0.2, 0.25) is 0 Å². The van der Waals surface area contributed by atoms with Gasteiger partial charge < -0.3 is 0 Å². The second-order valence-electron chi connectivity index (χ2n) is 3.02. The lowest BCUT2D eigenvalue weighted by Gasteiger charge is -2.02. The van der Waals surface area contributed by atoms with Gasteiger partial charge in [0.05, 0.1) is 11.4 Å². The van der Waals surface area contributed by atoms with Gasteiger partial charge in [0.25, 0.3) is 0 Å². The maximum Gasteiger partial charge on any atom is 0.243 e. The van der Waals surface area contributed by atoms with E-state index in [-0.39, 0.29) is 0 Å². The van der Waals surface area contributed by atoms with Gasteiger partial charge in [-0.2, -0.15) is 5.10 Å². The van der Waals surface area contributed by atoms with Crippen LogP contribution in [0.15, 0.2) is 4.90 Å². The number of aryl methyl sites for hydroxylation is 2. The molecule has 1 aromatic heterocycles. The third kappa shape index (κ3) is 1.67. The van der Waals surface area contributed by atoms with Crippen LogP contribution in [0.1, 0.15) is 18.3 Å². The van der Waals surface area contributed by atoms with Crippen molar-refractivity contribution in [2.24, 2.45) is 0 Å². The van der Waals surface area contributed by atoms with E-state index in [0.717, 1.165) is 0 Å². The standard InChI is InChI=1S/C8H15N3O2S/c1-5-11-7(3)8(6(2)10-11)14(12,13)9-4/h9H,5H2,1-4H3. The summed E-state index contributed by atoms with van der Waals surface area (Å²) in [7, 11) is -1.98. The van der Waals surface area contributed by atoms with Gasteiger partial charge in [0, 0.05) is 6.54 Å². The van der Waals surface area contributed by atoms with Gasteiger partial charge in [-0.15, -0.1) is 0 Å². The third-order valence-corrected chi connectivity index (χ3v) is 3.82. The smallest absolute Gasteiger partial charge is 0.243 e. The van der Waals surface area contributed by atoms with Crippen LogP contribution in [0.4, 0.5) is 0 Å². The first-order chi connectivity index (χ1) is 6.44. The van der Waals surface area contributed by atoms with E-state index in [2.05, 4.69) is 9.82 Å². The molecule has 1 rings (SSSR count). The summed E-state index contributed by atoms with van der Waals surface area (Å²) >= 11 is 0. The van der Waals surface area contributed by atoms with Crippen molar-refractivity contribution in [3.63, 3.8) is 0 Å². The van der Waals surface area contributed by atoms with E-state index >= 15 is 0 Å². The zero-order valence-corrected chi connectivity index (χ0v) is 9.64. The van der Waals surface area contributed by atoms with Crippen molar-refractivity contribution in [2.45, 2.75) is 32.2 Å². The second kappa shape index (κ2) is 3.70. The average Bonchev–Trinajstić information content (AvgIpc) is 2.41. The van der Waals surface area contributed by atoms with Gasteiger partial charge in [-0.05, 0) is 27.8 Å². The molecule has 0 atom stereocenters. The Bertz CT molecular complexity index is 434. The summed E-state index contributed by atoms with van der Waals surface area (Å²) in [5.41, 5.74) is 1.22. The van der Waals surface area contributed by atoms with Gasteiger partial charge in [0.15, 0.2) is 0 Å². The van der Waals surface area contributed by atoms with Crippen LogP contribution >= 0.6 is 0 Å². The monoisotopic (exact) mass is 217 g/mol. The summed E-state index contributed by atoms with van der Waals surface area (Å²) < 4.78 is 27.2. The van der Waals surface area contributed by atoms with Crippen molar-refractivity contribution in [1.82, 2.24) is 14.5 Å². The summed E-state index contributed by atoms with van der Waals surface area (Å²) in [6.07, 6.45) is 0. The first-order valence-electron chi connectivity index (χ1n) is 4.41. The maximum atomic E-state index is 11.6. The highest BCUT2D eigenvalue weighted by atomic mass is 32.2. The Morgan fingerprint density at radius 1 is 1.43 bits per heavy atom. The van der Waals surface area contributed by atoms with Crippen molar-refractivity contribution in [2.75, 3.05) is 7.05 Å². The first-order valence-corrected chi connectivity index (χ1v) is 5.90. The van der Waals surface area contributed by atoms with Crippen molar-refractivity contribution in [1.29, 1.82) is 0 Å². The Morgan fingerprint density at radius 2 is 2.00 bits per heavy atom. The lowest BCUT2D eigenvalue weighted by Crippen LogP contribution is -2.20. The molecule has 0 aliphatic heterocycles. The Labute approximate surface area is 84.2 Å². The average molecular weight is 217 g/mol. The molecule has 0 aliphatic rings. The molecular weight excluding hydrogens is 202 g/mol. The number of nitrogens with one attached hydrogen (secondary N) is 1. The normalized spacial score (nSPS) is 12.0. The molecule has 0 bridgehead atoms. The Balaban J connectivity index is 3.43. The molecule has 80 valence electrons. The molecule has 0 aromatic carbocycles. The van der Waals surface area contributed by atoms with Crippen molar-refractivity contribution in [3.05, 3.63) is 11.4 Å². The van der Waals surface area contributed by atoms with E-state index in [1.807, 2.05) is 6.92 Å². The lowest BCUT2D eigenvalue weighted by atomic mass is 10.4. The fourth-order valence-electron chi connectivity index (χ4n) is 1.48. The molecular formula is C8H15N3O2S. The fourth-order valence-corrected chi connectivity index (χ4v) is 2.61. The van der Waals surface area contributed by atoms with E-state index in [4.69, 9.17) is 0 Å². The fraction of sp³-hybridized carbons (Fsp3) is 0.625. The molecule has 1 aromatic rings. The largest absolute Gasteiger partial charge is 0.268 e. The molecule has 5 nitrogen and oxygen atoms in total. The van der Waals surface area contributed by atoms with Gasteiger partial charge in [0.1, 0.15) is 4.90 Å². The van der Waals surface area contributed by atoms with Gasteiger partial charge >= 0.3 is 0 Å². The number of aromatic nitrogens is 2. The molecule has 0 fully saturated rings. The zero-order chi connectivity index (χ0) is 10.9. The second-order valence-corrected chi connectivity index (χ2v) is 4.85. The van der Waals surface area contributed by atoms with Gasteiger partial charge in [-0.1, -0.05) is 0 Å². The Hall–Kier alpha value is -0.880. The van der Waals surface area contributed by atoms with E-state index in [1.165, 1.54) is 7.05 Å². The molecule has 1 heterocycles. The van der Waals surface area contributed by atoms with Crippen LogP contribution in [0, 0.1) is 13.8 Å². The topological polar surface area (TPSA) is 64.0 Å². The molecule has 0 amide bonds. The molecule has 0 unspecified atom stereocenters. The van der Waals surface area contributed by atoms with Crippen molar-refractivity contribution in [3.8, 4) is 0 Å². The third-order valence-electron chi connectivity index (χ3n) is 2.15. The van der Waals surface area contributed by atoms with Crippen molar-refractivity contribution < 1.29 is 8.42 Å². The van der Waals surface area contributed by atoms with Crippen LogP contribution in [0.25, 0.3) is 0 Å². The van der Waals surface area contributed by atoms with Crippen LogP contribution in [-0.2, 0) is 16.6 Å². The number of sulfonamides is 1. The minimum Gasteiger partial charge on any atom is -0.268 e. The summed E-state index contributed by atoms with van der Waals surface area (Å²) in [5, 5.41) is 4.14. The van der Waals surface area contributed by atoms with Crippen LogP contribution in [0.5, 0.6) is 0 Å². The first kappa shape index (κ1) is 11.2. The Morgan fingerprint density at radius 3 is 2.36 bits per heavy atom. The SMILES string of the molecule is CCn1nc(C)c(S(=O)(=O)NC)c1C. The van der Waals surface area contributed by atoms with E-state index in [1.54, 1.807) is 18.5 Å². The van der Waals surface area contributed by atoms with Crippen LogP contribution in [-0.4, -0.2) is 25.2 Å². The molecule has 14 heavy (non-hydrogen) atoms. The van der Waals surface area contributed by atoms with E-state index < -0.39 is 10.0 Å². The van der Waals surface area contributed by atoms with Gasteiger partial charge in [0.2, 0.25) is 10.0 Å². The summed E-state index contributed by atoms with van der Waals surface area (Å²) in [6, 6.07) is 0. The molecule has 6 heteroatoms. The number of hydrogen-bond donors (Lipinski definition) is 1. The highest BCUT2D eigenvalue weighted by molar-refractivity contribution is 7.89. The minimum atomic E-state index is -3.38. The Kier molecular flexibility index (Phi) is 2.96. The molecule has 0 spiro atoms. The summed E-state index contributed by atoms with van der Waals surface area (Å²) in [5.74, 6) is 0. The number of rotatable bonds is 3. The van der Waals surface area contributed by atoms with Crippen molar-refractivity contribution >= 4 is 10.0 Å². The quantitative estimate of drug-likeness (QED) is 0.798. The molecule has 1 N–H and O–H groups in total. The summed E-state index contributed by atoms with van der Waals surface area (Å²) in [4.78, 5) is 0.293. The van der Waals surface area contributed by atoms with E-state index in [0.29, 0.717) is 22.8 Å². The molecule has 0 radical (unpaired) electrons. The number of nitrogens with zero attached hydrogens (tertiary/aromatic N) is 2. The van der Waals surface area contributed by atoms with E-state index in [9.17, 15) is 8.42 Å². The highest BCUT2D eigenvalue weighted by Crippen LogP contribution is 2.18. The maximum absolute atomic E-state index is 11.6. The molecule has 0 saturated heterocycles. The predicted octanol–water partition coefficient (Wildman–Crippen LogP) is 0.428. The van der Waals surface area contributed by atoms with Crippen LogP contribution in [0.3, 0.4) is 0 Å². The highest BCUT2D eigenvalue weighted by Gasteiger charge is 2.22. The minimum absolute atomic E-state index is 0.293.